The Kier molecular flexibility index (Phi) is 7.73. The third-order valence-corrected chi connectivity index (χ3v) is 7.42. The number of hydrogen-bond donors (Lipinski definition) is 2. The van der Waals surface area contributed by atoms with Crippen molar-refractivity contribution in [1.29, 1.82) is 0 Å². The maximum atomic E-state index is 12.7. The zero-order valence-electron chi connectivity index (χ0n) is 20.4. The second-order valence-corrected chi connectivity index (χ2v) is 9.75. The van der Waals surface area contributed by atoms with Gasteiger partial charge in [0.1, 0.15) is 6.61 Å². The highest BCUT2D eigenvalue weighted by atomic mass is 16.5. The fraction of sp³-hybridized carbons (Fsp3) is 0.464. The zero-order valence-corrected chi connectivity index (χ0v) is 20.4. The Labute approximate surface area is 206 Å². The lowest BCUT2D eigenvalue weighted by atomic mass is 9.95. The van der Waals surface area contributed by atoms with E-state index < -0.39 is 12.1 Å². The molecule has 7 nitrogen and oxygen atoms in total. The number of hydrogen-bond acceptors (Lipinski definition) is 4. The lowest BCUT2D eigenvalue weighted by Crippen LogP contribution is -2.37. The van der Waals surface area contributed by atoms with Crippen LogP contribution in [-0.4, -0.2) is 53.7 Å². The summed E-state index contributed by atoms with van der Waals surface area (Å²) in [7, 11) is 0. The highest BCUT2D eigenvalue weighted by Gasteiger charge is 2.34. The van der Waals surface area contributed by atoms with Crippen molar-refractivity contribution in [1.82, 2.24) is 10.2 Å². The SMILES string of the molecule is CCC(CCC(=O)N1CC(C)C(CC(=O)O)C1)NC(=O)OCC1c2ccccc2-c2ccccc21. The summed E-state index contributed by atoms with van der Waals surface area (Å²) in [6, 6.07) is 16.3. The van der Waals surface area contributed by atoms with Gasteiger partial charge in [-0.25, -0.2) is 4.79 Å². The monoisotopic (exact) mass is 478 g/mol. The van der Waals surface area contributed by atoms with Gasteiger partial charge < -0.3 is 20.1 Å². The van der Waals surface area contributed by atoms with E-state index in [0.717, 1.165) is 0 Å². The fourth-order valence-electron chi connectivity index (χ4n) is 5.37. The van der Waals surface area contributed by atoms with Crippen LogP contribution in [-0.2, 0) is 14.3 Å². The number of nitrogens with one attached hydrogen (secondary N) is 1. The van der Waals surface area contributed by atoms with E-state index in [1.165, 1.54) is 22.3 Å². The van der Waals surface area contributed by atoms with E-state index in [1.54, 1.807) is 4.90 Å². The van der Waals surface area contributed by atoms with E-state index in [9.17, 15) is 14.4 Å². The molecule has 2 amide bonds. The van der Waals surface area contributed by atoms with Crippen LogP contribution in [0.1, 0.15) is 56.6 Å². The second-order valence-electron chi connectivity index (χ2n) is 9.75. The molecule has 0 spiro atoms. The summed E-state index contributed by atoms with van der Waals surface area (Å²) in [5.74, 6) is -0.633. The maximum Gasteiger partial charge on any atom is 0.407 e. The van der Waals surface area contributed by atoms with E-state index in [2.05, 4.69) is 29.6 Å². The number of rotatable bonds is 9. The number of amides is 2. The Bertz CT molecular complexity index is 1040. The number of carboxylic acid groups (broad SMARTS) is 1. The summed E-state index contributed by atoms with van der Waals surface area (Å²) in [5, 5.41) is 12.0. The van der Waals surface area contributed by atoms with Gasteiger partial charge in [-0.05, 0) is 46.9 Å². The zero-order chi connectivity index (χ0) is 24.9. The van der Waals surface area contributed by atoms with Crippen molar-refractivity contribution in [3.63, 3.8) is 0 Å². The van der Waals surface area contributed by atoms with Gasteiger partial charge in [-0.1, -0.05) is 62.4 Å². The fourth-order valence-corrected chi connectivity index (χ4v) is 5.37. The number of carbonyl (C=O) groups excluding carboxylic acids is 2. The molecule has 0 radical (unpaired) electrons. The number of benzene rings is 2. The summed E-state index contributed by atoms with van der Waals surface area (Å²) >= 11 is 0. The predicted molar refractivity (Wildman–Crippen MR) is 133 cm³/mol. The van der Waals surface area contributed by atoms with Crippen LogP contribution in [0.25, 0.3) is 11.1 Å². The first kappa shape index (κ1) is 24.8. The number of carbonyl (C=O) groups is 3. The molecular formula is C28H34N2O5. The van der Waals surface area contributed by atoms with Gasteiger partial charge in [0.25, 0.3) is 0 Å². The van der Waals surface area contributed by atoms with Crippen molar-refractivity contribution in [3.8, 4) is 11.1 Å². The van der Waals surface area contributed by atoms with Crippen molar-refractivity contribution in [3.05, 3.63) is 59.7 Å². The number of nitrogens with zero attached hydrogens (tertiary/aromatic N) is 1. The number of ether oxygens (including phenoxy) is 1. The first-order chi connectivity index (χ1) is 16.9. The smallest absolute Gasteiger partial charge is 0.407 e. The molecule has 1 heterocycles. The Morgan fingerprint density at radius 3 is 2.29 bits per heavy atom. The molecular weight excluding hydrogens is 444 g/mol. The quantitative estimate of drug-likeness (QED) is 0.547. The predicted octanol–water partition coefficient (Wildman–Crippen LogP) is 4.65. The number of aliphatic carboxylic acids is 1. The van der Waals surface area contributed by atoms with Crippen molar-refractivity contribution in [2.75, 3.05) is 19.7 Å². The minimum atomic E-state index is -0.825. The molecule has 7 heteroatoms. The van der Waals surface area contributed by atoms with Crippen molar-refractivity contribution in [2.24, 2.45) is 11.8 Å². The lowest BCUT2D eigenvalue weighted by Gasteiger charge is -2.21. The Hall–Kier alpha value is -3.35. The molecule has 1 aliphatic carbocycles. The maximum absolute atomic E-state index is 12.7. The number of fused-ring (bicyclic) bond motifs is 3. The molecule has 3 unspecified atom stereocenters. The van der Waals surface area contributed by atoms with Crippen molar-refractivity contribution < 1.29 is 24.2 Å². The molecule has 2 aromatic rings. The van der Waals surface area contributed by atoms with Gasteiger partial charge >= 0.3 is 12.1 Å². The molecule has 35 heavy (non-hydrogen) atoms. The average molecular weight is 479 g/mol. The van der Waals surface area contributed by atoms with Crippen LogP contribution in [0.3, 0.4) is 0 Å². The molecule has 4 rings (SSSR count). The Morgan fingerprint density at radius 2 is 1.69 bits per heavy atom. The van der Waals surface area contributed by atoms with Crippen LogP contribution >= 0.6 is 0 Å². The normalized spacial score (nSPS) is 19.7. The highest BCUT2D eigenvalue weighted by molar-refractivity contribution is 5.79. The second kappa shape index (κ2) is 10.9. The van der Waals surface area contributed by atoms with Crippen LogP contribution in [0.5, 0.6) is 0 Å². The molecule has 1 aliphatic heterocycles. The summed E-state index contributed by atoms with van der Waals surface area (Å²) in [6.07, 6.45) is 1.15. The van der Waals surface area contributed by atoms with E-state index >= 15 is 0 Å². The minimum absolute atomic E-state index is 0.00243. The Morgan fingerprint density at radius 1 is 1.06 bits per heavy atom. The first-order valence-electron chi connectivity index (χ1n) is 12.5. The summed E-state index contributed by atoms with van der Waals surface area (Å²) in [6.45, 7) is 5.30. The molecule has 2 N–H and O–H groups in total. The van der Waals surface area contributed by atoms with Crippen LogP contribution < -0.4 is 5.32 Å². The first-order valence-corrected chi connectivity index (χ1v) is 12.5. The molecule has 2 aromatic carbocycles. The minimum Gasteiger partial charge on any atom is -0.481 e. The van der Waals surface area contributed by atoms with E-state index in [1.807, 2.05) is 38.1 Å². The molecule has 3 atom stereocenters. The van der Waals surface area contributed by atoms with Gasteiger partial charge in [0.05, 0.1) is 6.42 Å². The number of carboxylic acids is 1. The summed E-state index contributed by atoms with van der Waals surface area (Å²) in [4.78, 5) is 38.1. The van der Waals surface area contributed by atoms with Crippen molar-refractivity contribution in [2.45, 2.75) is 51.5 Å². The molecule has 0 bridgehead atoms. The number of alkyl carbamates (subject to hydrolysis) is 1. The molecule has 2 aliphatic rings. The van der Waals surface area contributed by atoms with Gasteiger partial charge in [-0.3, -0.25) is 9.59 Å². The van der Waals surface area contributed by atoms with E-state index in [4.69, 9.17) is 9.84 Å². The molecule has 186 valence electrons. The van der Waals surface area contributed by atoms with Crippen LogP contribution in [0.4, 0.5) is 4.79 Å². The van der Waals surface area contributed by atoms with Crippen molar-refractivity contribution >= 4 is 18.0 Å². The van der Waals surface area contributed by atoms with Crippen LogP contribution in [0.15, 0.2) is 48.5 Å². The molecule has 0 saturated carbocycles. The topological polar surface area (TPSA) is 95.9 Å². The summed E-state index contributed by atoms with van der Waals surface area (Å²) < 4.78 is 5.64. The number of likely N-dealkylation sites (tertiary alicyclic amines) is 1. The van der Waals surface area contributed by atoms with Gasteiger partial charge in [0, 0.05) is 31.5 Å². The van der Waals surface area contributed by atoms with Gasteiger partial charge in [-0.15, -0.1) is 0 Å². The van der Waals surface area contributed by atoms with Gasteiger partial charge in [0.15, 0.2) is 0 Å². The molecule has 1 fully saturated rings. The van der Waals surface area contributed by atoms with E-state index in [-0.39, 0.29) is 42.7 Å². The highest BCUT2D eigenvalue weighted by Crippen LogP contribution is 2.44. The largest absolute Gasteiger partial charge is 0.481 e. The Balaban J connectivity index is 1.27. The van der Waals surface area contributed by atoms with E-state index in [0.29, 0.717) is 32.4 Å². The third-order valence-electron chi connectivity index (χ3n) is 7.42. The lowest BCUT2D eigenvalue weighted by molar-refractivity contribution is -0.138. The van der Waals surface area contributed by atoms with Crippen LogP contribution in [0.2, 0.25) is 0 Å². The standard InChI is InChI=1S/C28H34N2O5/c1-3-20(12-13-26(31)30-15-18(2)19(16-30)14-27(32)33)29-28(34)35-17-25-23-10-6-4-8-21(23)22-9-5-7-11-24(22)25/h4-11,18-20,25H,3,12-17H2,1-2H3,(H,29,34)(H,32,33). The van der Waals surface area contributed by atoms with Crippen LogP contribution in [0, 0.1) is 11.8 Å². The van der Waals surface area contributed by atoms with Gasteiger partial charge in [0.2, 0.25) is 5.91 Å². The van der Waals surface area contributed by atoms with Gasteiger partial charge in [-0.2, -0.15) is 0 Å². The molecule has 1 saturated heterocycles. The third kappa shape index (κ3) is 5.66. The molecule has 0 aromatic heterocycles. The summed E-state index contributed by atoms with van der Waals surface area (Å²) in [5.41, 5.74) is 4.70. The average Bonchev–Trinajstić information content (AvgIpc) is 3.37.